The Kier molecular flexibility index (Phi) is 6.32. The summed E-state index contributed by atoms with van der Waals surface area (Å²) >= 11 is 0. The highest BCUT2D eigenvalue weighted by Gasteiger charge is 2.72. The van der Waals surface area contributed by atoms with Crippen LogP contribution in [0.2, 0.25) is 0 Å². The SMILES string of the molecule is CC(C)C[C@@H]1C(=O)N2CCC[C@H]2[C@@]2(O)O[C@](NC(=O)[C@H]3C[C@@H]4c5cccc6[nH]cc(c56)C[C@@H]4N(C)C3)(C(C)C)C(=O)N12. The van der Waals surface area contributed by atoms with Gasteiger partial charge in [0.05, 0.1) is 5.92 Å². The van der Waals surface area contributed by atoms with Crippen LogP contribution < -0.4 is 5.32 Å². The van der Waals surface area contributed by atoms with Gasteiger partial charge in [-0.2, -0.15) is 0 Å². The fraction of sp³-hybridized carbons (Fsp3) is 0.656. The number of H-pyrrole nitrogens is 1. The van der Waals surface area contributed by atoms with Gasteiger partial charge in [0.1, 0.15) is 12.1 Å². The number of aromatic nitrogens is 1. The number of carbonyl (C=O) groups excluding carboxylic acids is 3. The molecule has 0 radical (unpaired) electrons. The first kappa shape index (κ1) is 27.9. The first-order valence-electron chi connectivity index (χ1n) is 15.6. The van der Waals surface area contributed by atoms with E-state index in [-0.39, 0.29) is 35.6 Å². The van der Waals surface area contributed by atoms with Crippen molar-refractivity contribution in [2.24, 2.45) is 17.8 Å². The summed E-state index contributed by atoms with van der Waals surface area (Å²) in [7, 11) is 2.07. The number of hydrogen-bond donors (Lipinski definition) is 3. The number of likely N-dealkylation sites (N-methyl/N-ethyl adjacent to an activating group) is 1. The molecule has 1 aromatic carbocycles. The van der Waals surface area contributed by atoms with Crippen LogP contribution in [0.4, 0.5) is 0 Å². The van der Waals surface area contributed by atoms with Crippen LogP contribution in [0.1, 0.15) is 70.4 Å². The van der Waals surface area contributed by atoms with E-state index in [4.69, 9.17) is 4.74 Å². The largest absolute Gasteiger partial charge is 0.361 e. The number of benzene rings is 1. The number of amides is 3. The molecule has 10 heteroatoms. The first-order valence-corrected chi connectivity index (χ1v) is 15.6. The number of piperidine rings is 1. The van der Waals surface area contributed by atoms with E-state index in [0.29, 0.717) is 32.4 Å². The standard InChI is InChI=1S/C32H43N5O5/c1-17(2)12-25-29(39)36-11-7-10-26(36)32(41)37(25)30(40)31(42-32,18(3)4)34-28(38)20-13-22-21-8-6-9-23-27(21)19(15-33-23)14-24(22)35(5)16-20/h6,8-9,15,17-18,20,22,24-26,33,41H,7,10-14,16H2,1-5H3,(H,34,38)/t20-,22+,24-,25+,26-,31+,32+/m0/s1. The Morgan fingerprint density at radius 1 is 1.24 bits per heavy atom. The Labute approximate surface area is 246 Å². The maximum atomic E-state index is 14.4. The van der Waals surface area contributed by atoms with Crippen LogP contribution in [0, 0.1) is 17.8 Å². The van der Waals surface area contributed by atoms with Gasteiger partial charge in [0.15, 0.2) is 0 Å². The lowest BCUT2D eigenvalue weighted by Crippen LogP contribution is -2.71. The summed E-state index contributed by atoms with van der Waals surface area (Å²) in [5.74, 6) is -3.48. The molecule has 0 spiro atoms. The van der Waals surface area contributed by atoms with Crippen LogP contribution in [-0.2, 0) is 25.5 Å². The van der Waals surface area contributed by atoms with Crippen molar-refractivity contribution in [3.8, 4) is 0 Å². The third kappa shape index (κ3) is 3.77. The van der Waals surface area contributed by atoms with E-state index < -0.39 is 35.5 Å². The molecule has 0 saturated carbocycles. The lowest BCUT2D eigenvalue weighted by molar-refractivity contribution is -0.322. The number of hydrogen-bond acceptors (Lipinski definition) is 6. The van der Waals surface area contributed by atoms with Crippen molar-refractivity contribution in [2.45, 2.75) is 95.5 Å². The Morgan fingerprint density at radius 3 is 2.76 bits per heavy atom. The molecule has 3 N–H and O–H groups in total. The van der Waals surface area contributed by atoms with Crippen LogP contribution in [0.3, 0.4) is 0 Å². The topological polar surface area (TPSA) is 118 Å². The molecule has 0 bridgehead atoms. The first-order chi connectivity index (χ1) is 20.0. The van der Waals surface area contributed by atoms with Crippen molar-refractivity contribution in [1.29, 1.82) is 0 Å². The van der Waals surface area contributed by atoms with Gasteiger partial charge < -0.3 is 25.2 Å². The molecular weight excluding hydrogens is 534 g/mol. The molecule has 4 aliphatic heterocycles. The second kappa shape index (κ2) is 9.53. The molecule has 5 aliphatic rings. The minimum absolute atomic E-state index is 0.116. The lowest BCUT2D eigenvalue weighted by atomic mass is 9.72. The number of nitrogens with zero attached hydrogens (tertiary/aromatic N) is 3. The summed E-state index contributed by atoms with van der Waals surface area (Å²) in [6.45, 7) is 8.73. The average Bonchev–Trinajstić information content (AvgIpc) is 3.65. The van der Waals surface area contributed by atoms with Gasteiger partial charge in [0.2, 0.25) is 17.5 Å². The van der Waals surface area contributed by atoms with Gasteiger partial charge in [-0.15, -0.1) is 0 Å². The molecule has 10 nitrogen and oxygen atoms in total. The second-order valence-corrected chi connectivity index (χ2v) is 14.0. The summed E-state index contributed by atoms with van der Waals surface area (Å²) in [6, 6.07) is 5.13. The number of rotatable bonds is 5. The van der Waals surface area contributed by atoms with Crippen LogP contribution in [-0.4, -0.2) is 92.4 Å². The van der Waals surface area contributed by atoms with E-state index >= 15 is 0 Å². The van der Waals surface area contributed by atoms with Gasteiger partial charge in [-0.25, -0.2) is 0 Å². The zero-order chi connectivity index (χ0) is 29.7. The fourth-order valence-corrected chi connectivity index (χ4v) is 8.63. The van der Waals surface area contributed by atoms with Crippen LogP contribution in [0.15, 0.2) is 24.4 Å². The predicted molar refractivity (Wildman–Crippen MR) is 156 cm³/mol. The number of aliphatic hydroxyl groups is 1. The molecule has 1 aliphatic carbocycles. The third-order valence-electron chi connectivity index (χ3n) is 10.7. The zero-order valence-electron chi connectivity index (χ0n) is 25.2. The fourth-order valence-electron chi connectivity index (χ4n) is 8.63. The molecule has 42 heavy (non-hydrogen) atoms. The van der Waals surface area contributed by atoms with Crippen LogP contribution in [0.25, 0.3) is 10.9 Å². The summed E-state index contributed by atoms with van der Waals surface area (Å²) in [4.78, 5) is 50.8. The quantitative estimate of drug-likeness (QED) is 0.503. The summed E-state index contributed by atoms with van der Waals surface area (Å²) < 4.78 is 6.45. The maximum Gasteiger partial charge on any atom is 0.281 e. The Hall–Kier alpha value is -2.95. The Bertz CT molecular complexity index is 1450. The zero-order valence-corrected chi connectivity index (χ0v) is 25.2. The molecule has 7 rings (SSSR count). The number of likely N-dealkylation sites (tertiary alicyclic amines) is 1. The number of ether oxygens (including phenoxy) is 1. The Balaban J connectivity index is 1.20. The van der Waals surface area contributed by atoms with Gasteiger partial charge in [-0.1, -0.05) is 39.8 Å². The number of piperazine rings is 1. The summed E-state index contributed by atoms with van der Waals surface area (Å²) in [5.41, 5.74) is 1.93. The highest BCUT2D eigenvalue weighted by Crippen LogP contribution is 2.49. The van der Waals surface area contributed by atoms with Crippen LogP contribution >= 0.6 is 0 Å². The van der Waals surface area contributed by atoms with Crippen molar-refractivity contribution in [3.63, 3.8) is 0 Å². The molecular formula is C32H43N5O5. The Morgan fingerprint density at radius 2 is 2.02 bits per heavy atom. The average molecular weight is 578 g/mol. The maximum absolute atomic E-state index is 14.4. The van der Waals surface area contributed by atoms with E-state index in [2.05, 4.69) is 46.6 Å². The van der Waals surface area contributed by atoms with Gasteiger partial charge >= 0.3 is 0 Å². The van der Waals surface area contributed by atoms with E-state index in [0.717, 1.165) is 18.4 Å². The summed E-state index contributed by atoms with van der Waals surface area (Å²) in [6.07, 6.45) is 5.36. The van der Waals surface area contributed by atoms with Crippen molar-refractivity contribution in [1.82, 2.24) is 25.0 Å². The highest BCUT2D eigenvalue weighted by atomic mass is 16.7. The molecule has 0 unspecified atom stereocenters. The molecule has 2 aromatic rings. The highest BCUT2D eigenvalue weighted by molar-refractivity contribution is 5.97. The smallest absolute Gasteiger partial charge is 0.281 e. The molecule has 226 valence electrons. The van der Waals surface area contributed by atoms with E-state index in [1.165, 1.54) is 21.4 Å². The monoisotopic (exact) mass is 577 g/mol. The predicted octanol–water partition coefficient (Wildman–Crippen LogP) is 2.52. The van der Waals surface area contributed by atoms with Crippen molar-refractivity contribution >= 4 is 28.6 Å². The number of nitrogens with one attached hydrogen (secondary N) is 2. The van der Waals surface area contributed by atoms with E-state index in [9.17, 15) is 19.5 Å². The molecule has 4 saturated heterocycles. The van der Waals surface area contributed by atoms with Crippen molar-refractivity contribution in [3.05, 3.63) is 35.5 Å². The lowest BCUT2D eigenvalue weighted by Gasteiger charge is -2.49. The molecule has 1 aromatic heterocycles. The molecule has 7 atom stereocenters. The minimum Gasteiger partial charge on any atom is -0.361 e. The van der Waals surface area contributed by atoms with Gasteiger partial charge in [-0.05, 0) is 62.3 Å². The van der Waals surface area contributed by atoms with Crippen LogP contribution in [0.5, 0.6) is 0 Å². The third-order valence-corrected chi connectivity index (χ3v) is 10.7. The van der Waals surface area contributed by atoms with Gasteiger partial charge in [0.25, 0.3) is 11.8 Å². The molecule has 5 heterocycles. The number of aromatic amines is 1. The van der Waals surface area contributed by atoms with Gasteiger partial charge in [0, 0.05) is 48.1 Å². The number of carbonyl (C=O) groups is 3. The molecule has 3 amide bonds. The van der Waals surface area contributed by atoms with E-state index in [1.54, 1.807) is 4.90 Å². The number of fused-ring (bicyclic) bond motifs is 5. The van der Waals surface area contributed by atoms with Crippen molar-refractivity contribution < 1.29 is 24.2 Å². The molecule has 4 fully saturated rings. The van der Waals surface area contributed by atoms with E-state index in [1.807, 2.05) is 27.7 Å². The second-order valence-electron chi connectivity index (χ2n) is 14.0. The van der Waals surface area contributed by atoms with Gasteiger partial charge in [-0.3, -0.25) is 24.0 Å². The van der Waals surface area contributed by atoms with Crippen molar-refractivity contribution in [2.75, 3.05) is 20.1 Å². The summed E-state index contributed by atoms with van der Waals surface area (Å²) in [5, 5.41) is 16.4. The minimum atomic E-state index is -1.99. The normalized spacial score (nSPS) is 36.1.